The van der Waals surface area contributed by atoms with Crippen LogP contribution in [0.5, 0.6) is 0 Å². The maximum absolute atomic E-state index is 11.6. The number of anilines is 1. The fraction of sp³-hybridized carbons (Fsp3) is 0.600. The van der Waals surface area contributed by atoms with Crippen LogP contribution in [0.15, 0.2) is 11.1 Å². The van der Waals surface area contributed by atoms with E-state index in [2.05, 4.69) is 11.9 Å². The topological polar surface area (TPSA) is 119 Å². The number of aromatic nitrogens is 1. The van der Waals surface area contributed by atoms with Gasteiger partial charge in [-0.1, -0.05) is 25.1 Å². The lowest BCUT2D eigenvalue weighted by atomic mass is 9.97. The maximum atomic E-state index is 11.6. The van der Waals surface area contributed by atoms with Crippen LogP contribution in [0, 0.1) is 0 Å². The van der Waals surface area contributed by atoms with Crippen molar-refractivity contribution in [2.75, 3.05) is 29.5 Å². The van der Waals surface area contributed by atoms with Gasteiger partial charge in [-0.2, -0.15) is 0 Å². The highest BCUT2D eigenvalue weighted by Crippen LogP contribution is 2.44. The van der Waals surface area contributed by atoms with Gasteiger partial charge in [0.15, 0.2) is 9.84 Å². The molecule has 132 valence electrons. The molecule has 1 aromatic heterocycles. The van der Waals surface area contributed by atoms with E-state index in [1.54, 1.807) is 0 Å². The van der Waals surface area contributed by atoms with Crippen LogP contribution in [-0.2, 0) is 21.1 Å². The molecular formula is C15H22N4O3S2. The van der Waals surface area contributed by atoms with Crippen molar-refractivity contribution in [1.82, 2.24) is 4.98 Å². The monoisotopic (exact) mass is 370 g/mol. The lowest BCUT2D eigenvalue weighted by Crippen LogP contribution is -2.40. The summed E-state index contributed by atoms with van der Waals surface area (Å²) in [7, 11) is -2.94. The second kappa shape index (κ2) is 6.53. The van der Waals surface area contributed by atoms with Crippen LogP contribution in [0.25, 0.3) is 0 Å². The SMILES string of the molecule is CCCc1cc(N2CCS(=O)(=O)CC2)nc2c1C(N)C(C(N)=O)S2. The predicted octanol–water partition coefficient (Wildman–Crippen LogP) is 0.228. The quantitative estimate of drug-likeness (QED) is 0.778. The zero-order valence-electron chi connectivity index (χ0n) is 13.6. The van der Waals surface area contributed by atoms with Crippen LogP contribution >= 0.6 is 11.8 Å². The van der Waals surface area contributed by atoms with E-state index in [4.69, 9.17) is 11.5 Å². The Kier molecular flexibility index (Phi) is 4.76. The Bertz CT molecular complexity index is 752. The summed E-state index contributed by atoms with van der Waals surface area (Å²) < 4.78 is 23.3. The van der Waals surface area contributed by atoms with Crippen molar-refractivity contribution in [3.63, 3.8) is 0 Å². The fourth-order valence-electron chi connectivity index (χ4n) is 3.17. The van der Waals surface area contributed by atoms with Crippen LogP contribution in [0.3, 0.4) is 0 Å². The van der Waals surface area contributed by atoms with Gasteiger partial charge >= 0.3 is 0 Å². The Balaban J connectivity index is 1.96. The van der Waals surface area contributed by atoms with E-state index in [-0.39, 0.29) is 11.5 Å². The molecule has 3 heterocycles. The molecule has 2 unspecified atom stereocenters. The predicted molar refractivity (Wildman–Crippen MR) is 94.9 cm³/mol. The van der Waals surface area contributed by atoms with Gasteiger partial charge in [0.05, 0.1) is 17.5 Å². The van der Waals surface area contributed by atoms with Gasteiger partial charge in [0.2, 0.25) is 5.91 Å². The van der Waals surface area contributed by atoms with Crippen molar-refractivity contribution in [2.45, 2.75) is 36.1 Å². The van der Waals surface area contributed by atoms with Crippen LogP contribution in [0.2, 0.25) is 0 Å². The summed E-state index contributed by atoms with van der Waals surface area (Å²) in [6.07, 6.45) is 1.78. The summed E-state index contributed by atoms with van der Waals surface area (Å²) >= 11 is 1.31. The van der Waals surface area contributed by atoms with Gasteiger partial charge in [-0.15, -0.1) is 0 Å². The summed E-state index contributed by atoms with van der Waals surface area (Å²) in [5.74, 6) is 0.618. The van der Waals surface area contributed by atoms with Crippen LogP contribution in [-0.4, -0.2) is 49.2 Å². The second-order valence-electron chi connectivity index (χ2n) is 6.21. The molecule has 3 rings (SSSR count). The summed E-state index contributed by atoms with van der Waals surface area (Å²) in [5, 5.41) is 0.251. The van der Waals surface area contributed by atoms with Gasteiger partial charge < -0.3 is 16.4 Å². The highest BCUT2D eigenvalue weighted by atomic mass is 32.2. The molecule has 1 amide bonds. The lowest BCUT2D eigenvalue weighted by Gasteiger charge is -2.28. The molecule has 4 N–H and O–H groups in total. The number of aryl methyl sites for hydroxylation is 1. The summed E-state index contributed by atoms with van der Waals surface area (Å²) in [6.45, 7) is 2.96. The number of thioether (sulfide) groups is 1. The number of hydrogen-bond acceptors (Lipinski definition) is 7. The number of sulfone groups is 1. The Morgan fingerprint density at radius 2 is 2.08 bits per heavy atom. The molecular weight excluding hydrogens is 348 g/mol. The highest BCUT2D eigenvalue weighted by Gasteiger charge is 2.38. The molecule has 2 atom stereocenters. The van der Waals surface area contributed by atoms with E-state index < -0.39 is 27.0 Å². The molecule has 24 heavy (non-hydrogen) atoms. The zero-order valence-corrected chi connectivity index (χ0v) is 15.2. The molecule has 0 aromatic carbocycles. The first-order chi connectivity index (χ1) is 11.3. The van der Waals surface area contributed by atoms with Gasteiger partial charge in [-0.25, -0.2) is 13.4 Å². The minimum Gasteiger partial charge on any atom is -0.369 e. The molecule has 0 bridgehead atoms. The average molecular weight is 371 g/mol. The van der Waals surface area contributed by atoms with Crippen LogP contribution in [0.1, 0.15) is 30.5 Å². The summed E-state index contributed by atoms with van der Waals surface area (Å²) in [6, 6.07) is 1.55. The molecule has 1 saturated heterocycles. The van der Waals surface area contributed by atoms with Crippen molar-refractivity contribution in [1.29, 1.82) is 0 Å². The van der Waals surface area contributed by atoms with E-state index in [9.17, 15) is 13.2 Å². The number of carbonyl (C=O) groups excluding carboxylic acids is 1. The van der Waals surface area contributed by atoms with E-state index in [1.165, 1.54) is 11.8 Å². The number of fused-ring (bicyclic) bond motifs is 1. The molecule has 2 aliphatic rings. The number of nitrogens with zero attached hydrogens (tertiary/aromatic N) is 2. The lowest BCUT2D eigenvalue weighted by molar-refractivity contribution is -0.117. The van der Waals surface area contributed by atoms with Crippen molar-refractivity contribution >= 4 is 33.3 Å². The molecule has 0 saturated carbocycles. The molecule has 9 heteroatoms. The van der Waals surface area contributed by atoms with Gasteiger partial charge in [0, 0.05) is 18.7 Å². The van der Waals surface area contributed by atoms with Crippen molar-refractivity contribution in [2.24, 2.45) is 11.5 Å². The molecule has 1 aromatic rings. The number of rotatable bonds is 4. The molecule has 0 aliphatic carbocycles. The number of carbonyl (C=O) groups is 1. The number of primary amides is 1. The molecule has 0 spiro atoms. The Hall–Kier alpha value is -1.32. The first-order valence-electron chi connectivity index (χ1n) is 8.03. The zero-order chi connectivity index (χ0) is 17.5. The Morgan fingerprint density at radius 1 is 1.42 bits per heavy atom. The number of pyridine rings is 1. The third-order valence-electron chi connectivity index (χ3n) is 4.46. The minimum absolute atomic E-state index is 0.144. The molecule has 2 aliphatic heterocycles. The summed E-state index contributed by atoms with van der Waals surface area (Å²) in [5.41, 5.74) is 13.7. The first kappa shape index (κ1) is 17.5. The molecule has 0 radical (unpaired) electrons. The fourth-order valence-corrected chi connectivity index (χ4v) is 5.55. The Labute approximate surface area is 146 Å². The van der Waals surface area contributed by atoms with Crippen LogP contribution < -0.4 is 16.4 Å². The van der Waals surface area contributed by atoms with Gasteiger partial charge in [0.1, 0.15) is 16.1 Å². The van der Waals surface area contributed by atoms with E-state index in [1.807, 2.05) is 11.0 Å². The minimum atomic E-state index is -2.94. The Morgan fingerprint density at radius 3 is 2.67 bits per heavy atom. The van der Waals surface area contributed by atoms with Crippen LogP contribution in [0.4, 0.5) is 5.82 Å². The van der Waals surface area contributed by atoms with Crippen molar-refractivity contribution in [3.05, 3.63) is 17.2 Å². The normalized spacial score (nSPS) is 25.5. The third kappa shape index (κ3) is 3.25. The average Bonchev–Trinajstić information content (AvgIpc) is 2.85. The molecule has 1 fully saturated rings. The standard InChI is InChI=1S/C15H22N4O3S2/c1-2-3-9-8-10(19-4-6-24(21,22)7-5-19)18-15-11(9)12(16)13(23-15)14(17)20/h8,12-13H,2-7,16H2,1H3,(H2,17,20). The van der Waals surface area contributed by atoms with Crippen molar-refractivity contribution < 1.29 is 13.2 Å². The first-order valence-corrected chi connectivity index (χ1v) is 10.7. The van der Waals surface area contributed by atoms with Gasteiger partial charge in [-0.3, -0.25) is 4.79 Å². The largest absolute Gasteiger partial charge is 0.369 e. The van der Waals surface area contributed by atoms with Gasteiger partial charge in [0.25, 0.3) is 0 Å². The second-order valence-corrected chi connectivity index (χ2v) is 9.65. The van der Waals surface area contributed by atoms with Crippen molar-refractivity contribution in [3.8, 4) is 0 Å². The third-order valence-corrected chi connectivity index (χ3v) is 7.39. The highest BCUT2D eigenvalue weighted by molar-refractivity contribution is 8.01. The van der Waals surface area contributed by atoms with E-state index in [0.717, 1.165) is 34.8 Å². The number of nitrogens with two attached hydrogens (primary N) is 2. The van der Waals surface area contributed by atoms with E-state index in [0.29, 0.717) is 13.1 Å². The number of amides is 1. The molecule has 7 nitrogen and oxygen atoms in total. The van der Waals surface area contributed by atoms with Gasteiger partial charge in [-0.05, 0) is 18.1 Å². The maximum Gasteiger partial charge on any atom is 0.232 e. The van der Waals surface area contributed by atoms with E-state index >= 15 is 0 Å². The smallest absolute Gasteiger partial charge is 0.232 e. The summed E-state index contributed by atoms with van der Waals surface area (Å²) in [4.78, 5) is 18.3. The number of hydrogen-bond donors (Lipinski definition) is 2.